The van der Waals surface area contributed by atoms with Crippen LogP contribution in [-0.2, 0) is 4.79 Å². The first-order valence-corrected chi connectivity index (χ1v) is 10.3. The van der Waals surface area contributed by atoms with Crippen molar-refractivity contribution in [3.63, 3.8) is 0 Å². The highest BCUT2D eigenvalue weighted by atomic mass is 16.5. The van der Waals surface area contributed by atoms with Crippen molar-refractivity contribution in [3.05, 3.63) is 59.2 Å². The molecule has 6 nitrogen and oxygen atoms in total. The van der Waals surface area contributed by atoms with Crippen LogP contribution in [0.25, 0.3) is 0 Å². The fraction of sp³-hybridized carbons (Fsp3) is 0.417. The third kappa shape index (κ3) is 5.31. The Kier molecular flexibility index (Phi) is 7.31. The summed E-state index contributed by atoms with van der Waals surface area (Å²) in [6, 6.07) is 15.7. The quantitative estimate of drug-likeness (QED) is 0.703. The van der Waals surface area contributed by atoms with Crippen molar-refractivity contribution in [2.45, 2.75) is 26.3 Å². The zero-order chi connectivity index (χ0) is 21.5. The van der Waals surface area contributed by atoms with Crippen LogP contribution in [0.1, 0.15) is 29.2 Å². The summed E-state index contributed by atoms with van der Waals surface area (Å²) in [7, 11) is 1.63. The Labute approximate surface area is 178 Å². The van der Waals surface area contributed by atoms with Crippen LogP contribution in [0.4, 0.5) is 0 Å². The first-order valence-electron chi connectivity index (χ1n) is 10.3. The number of methoxy groups -OCH3 is 1. The van der Waals surface area contributed by atoms with Crippen LogP contribution in [0.15, 0.2) is 42.5 Å². The summed E-state index contributed by atoms with van der Waals surface area (Å²) in [6.45, 7) is 6.99. The second-order valence-corrected chi connectivity index (χ2v) is 7.59. The van der Waals surface area contributed by atoms with Gasteiger partial charge < -0.3 is 14.4 Å². The van der Waals surface area contributed by atoms with Gasteiger partial charge in [-0.1, -0.05) is 24.3 Å². The third-order valence-corrected chi connectivity index (χ3v) is 5.50. The number of rotatable bonds is 7. The van der Waals surface area contributed by atoms with Gasteiger partial charge in [0, 0.05) is 26.2 Å². The maximum atomic E-state index is 12.6. The first kappa shape index (κ1) is 21.7. The molecule has 6 heteroatoms. The van der Waals surface area contributed by atoms with Crippen molar-refractivity contribution in [2.75, 3.05) is 39.9 Å². The number of carbonyl (C=O) groups excluding carboxylic acids is 1. The van der Waals surface area contributed by atoms with Gasteiger partial charge in [-0.3, -0.25) is 9.69 Å². The van der Waals surface area contributed by atoms with Gasteiger partial charge in [0.1, 0.15) is 17.5 Å². The third-order valence-electron chi connectivity index (χ3n) is 5.50. The van der Waals surface area contributed by atoms with E-state index in [2.05, 4.69) is 11.0 Å². The second kappa shape index (κ2) is 10.1. The second-order valence-electron chi connectivity index (χ2n) is 7.59. The Hall–Kier alpha value is -3.04. The van der Waals surface area contributed by atoms with Crippen molar-refractivity contribution >= 4 is 5.91 Å². The Morgan fingerprint density at radius 2 is 1.80 bits per heavy atom. The molecule has 0 aromatic heterocycles. The van der Waals surface area contributed by atoms with E-state index >= 15 is 0 Å². The zero-order valence-corrected chi connectivity index (χ0v) is 17.9. The van der Waals surface area contributed by atoms with E-state index in [9.17, 15) is 10.1 Å². The molecule has 2 aromatic rings. The maximum Gasteiger partial charge on any atom is 0.226 e. The zero-order valence-electron chi connectivity index (χ0n) is 17.9. The molecule has 0 N–H and O–H groups in total. The SMILES string of the molecule is COc1ccc(C(C#N)N2CCN(C(=O)CCOc3cc(C)ccc3C)CC2)cc1. The minimum atomic E-state index is -0.319. The topological polar surface area (TPSA) is 65.8 Å². The lowest BCUT2D eigenvalue weighted by Gasteiger charge is -2.37. The molecule has 3 rings (SSSR count). The molecule has 30 heavy (non-hydrogen) atoms. The lowest BCUT2D eigenvalue weighted by Crippen LogP contribution is -2.49. The molecule has 0 radical (unpaired) electrons. The number of piperazine rings is 1. The van der Waals surface area contributed by atoms with Crippen LogP contribution in [-0.4, -0.2) is 55.6 Å². The molecule has 1 saturated heterocycles. The molecule has 1 amide bonds. The Bertz CT molecular complexity index is 897. The fourth-order valence-corrected chi connectivity index (χ4v) is 3.65. The van der Waals surface area contributed by atoms with Gasteiger partial charge in [-0.15, -0.1) is 0 Å². The lowest BCUT2D eigenvalue weighted by atomic mass is 10.1. The van der Waals surface area contributed by atoms with E-state index in [4.69, 9.17) is 9.47 Å². The Morgan fingerprint density at radius 3 is 2.43 bits per heavy atom. The molecule has 1 fully saturated rings. The minimum Gasteiger partial charge on any atom is -0.497 e. The van der Waals surface area contributed by atoms with Crippen LogP contribution in [0, 0.1) is 25.2 Å². The van der Waals surface area contributed by atoms with E-state index in [1.165, 1.54) is 0 Å². The highest BCUT2D eigenvalue weighted by Crippen LogP contribution is 2.24. The molecule has 1 heterocycles. The standard InChI is InChI=1S/C24H29N3O3/c1-18-4-5-19(2)23(16-18)30-15-10-24(28)27-13-11-26(12-14-27)22(17-25)20-6-8-21(29-3)9-7-20/h4-9,16,22H,10-15H2,1-3H3. The summed E-state index contributed by atoms with van der Waals surface area (Å²) in [5, 5.41) is 9.68. The average Bonchev–Trinajstić information content (AvgIpc) is 2.77. The summed E-state index contributed by atoms with van der Waals surface area (Å²) in [6.07, 6.45) is 0.355. The predicted molar refractivity (Wildman–Crippen MR) is 116 cm³/mol. The molecule has 1 aliphatic rings. The highest BCUT2D eigenvalue weighted by molar-refractivity contribution is 5.76. The predicted octanol–water partition coefficient (Wildman–Crippen LogP) is 3.49. The molecule has 1 aliphatic heterocycles. The summed E-state index contributed by atoms with van der Waals surface area (Å²) in [4.78, 5) is 16.6. The summed E-state index contributed by atoms with van der Waals surface area (Å²) in [5.41, 5.74) is 3.16. The van der Waals surface area contributed by atoms with Crippen molar-refractivity contribution in [1.82, 2.24) is 9.80 Å². The molecule has 158 valence electrons. The minimum absolute atomic E-state index is 0.0953. The normalized spacial score (nSPS) is 15.3. The van der Waals surface area contributed by atoms with Crippen LogP contribution in [0.5, 0.6) is 11.5 Å². The van der Waals surface area contributed by atoms with Gasteiger partial charge in [-0.25, -0.2) is 0 Å². The molecule has 0 saturated carbocycles. The van der Waals surface area contributed by atoms with Gasteiger partial charge in [0.05, 0.1) is 26.2 Å². The molecule has 1 unspecified atom stereocenters. The number of benzene rings is 2. The number of hydrogen-bond donors (Lipinski definition) is 0. The number of aryl methyl sites for hydroxylation is 2. The number of hydrogen-bond acceptors (Lipinski definition) is 5. The maximum absolute atomic E-state index is 12.6. The van der Waals surface area contributed by atoms with Gasteiger partial charge in [0.15, 0.2) is 0 Å². The van der Waals surface area contributed by atoms with Crippen LogP contribution >= 0.6 is 0 Å². The fourth-order valence-electron chi connectivity index (χ4n) is 3.65. The van der Waals surface area contributed by atoms with Gasteiger partial charge in [0.2, 0.25) is 5.91 Å². The van der Waals surface area contributed by atoms with Crippen molar-refractivity contribution < 1.29 is 14.3 Å². The van der Waals surface area contributed by atoms with Crippen molar-refractivity contribution in [3.8, 4) is 17.6 Å². The highest BCUT2D eigenvalue weighted by Gasteiger charge is 2.27. The molecule has 1 atom stereocenters. The van der Waals surface area contributed by atoms with E-state index in [0.29, 0.717) is 39.2 Å². The Morgan fingerprint density at radius 1 is 1.10 bits per heavy atom. The van der Waals surface area contributed by atoms with Crippen LogP contribution in [0.3, 0.4) is 0 Å². The smallest absolute Gasteiger partial charge is 0.226 e. The largest absolute Gasteiger partial charge is 0.497 e. The van der Waals surface area contributed by atoms with Crippen LogP contribution in [0.2, 0.25) is 0 Å². The van der Waals surface area contributed by atoms with Crippen molar-refractivity contribution in [1.29, 1.82) is 5.26 Å². The molecule has 2 aromatic carbocycles. The monoisotopic (exact) mass is 407 g/mol. The van der Waals surface area contributed by atoms with Crippen molar-refractivity contribution in [2.24, 2.45) is 0 Å². The molecule has 0 spiro atoms. The average molecular weight is 408 g/mol. The molecular formula is C24H29N3O3. The number of amides is 1. The van der Waals surface area contributed by atoms with Gasteiger partial charge in [0.25, 0.3) is 0 Å². The van der Waals surface area contributed by atoms with Crippen LogP contribution < -0.4 is 9.47 Å². The van der Waals surface area contributed by atoms with E-state index < -0.39 is 0 Å². The summed E-state index contributed by atoms with van der Waals surface area (Å²) < 4.78 is 11.0. The Balaban J connectivity index is 1.48. The lowest BCUT2D eigenvalue weighted by molar-refractivity contribution is -0.133. The number of nitrogens with zero attached hydrogens (tertiary/aromatic N) is 3. The van der Waals surface area contributed by atoms with E-state index in [1.54, 1.807) is 7.11 Å². The molecule has 0 bridgehead atoms. The summed E-state index contributed by atoms with van der Waals surface area (Å²) in [5.74, 6) is 1.70. The summed E-state index contributed by atoms with van der Waals surface area (Å²) >= 11 is 0. The van der Waals surface area contributed by atoms with E-state index in [-0.39, 0.29) is 11.9 Å². The number of carbonyl (C=O) groups is 1. The van der Waals surface area contributed by atoms with Gasteiger partial charge in [-0.2, -0.15) is 5.26 Å². The number of nitriles is 1. The number of ether oxygens (including phenoxy) is 2. The molecular weight excluding hydrogens is 378 g/mol. The van der Waals surface area contributed by atoms with Gasteiger partial charge in [-0.05, 0) is 48.7 Å². The molecule has 0 aliphatic carbocycles. The first-order chi connectivity index (χ1) is 14.5. The van der Waals surface area contributed by atoms with Gasteiger partial charge >= 0.3 is 0 Å². The van der Waals surface area contributed by atoms with E-state index in [1.807, 2.05) is 61.2 Å². The van der Waals surface area contributed by atoms with E-state index in [0.717, 1.165) is 28.2 Å².